The molecule has 2 aliphatic heterocycles. The molecule has 4 heterocycles. The van der Waals surface area contributed by atoms with Gasteiger partial charge in [-0.05, 0) is 69.0 Å². The second-order valence-corrected chi connectivity index (χ2v) is 24.5. The fraction of sp³-hybridized carbons (Fsp3) is 0.731. The predicted molar refractivity (Wildman–Crippen MR) is 166 cm³/mol. The van der Waals surface area contributed by atoms with Crippen LogP contribution in [0.4, 0.5) is 5.95 Å². The maximum atomic E-state index is 12.4. The standard InChI is InChI=1S/C26H42N5O5PS2Si/c1-15(2)16-9-10-26(6)19(11-16)35-37(38,39-26)33-13-18-17(36-40(7,8)25(3,4)5)12-20(34-18)31-14-28-21-22(31)29-24(27)30-23(21)32/h14,16-20H,1,9-13H2,2-8H3,(H3,27,29,30,32)/t16-,17?,18+,19+,20+,26+,37+/m0/s1. The lowest BCUT2D eigenvalue weighted by atomic mass is 9.77. The van der Waals surface area contributed by atoms with Crippen LogP contribution < -0.4 is 11.3 Å². The summed E-state index contributed by atoms with van der Waals surface area (Å²) >= 11 is 7.75. The van der Waals surface area contributed by atoms with E-state index in [4.69, 9.17) is 35.8 Å². The molecule has 3 aliphatic rings. The Balaban J connectivity index is 1.36. The van der Waals surface area contributed by atoms with Crippen LogP contribution in [-0.4, -0.2) is 57.5 Å². The van der Waals surface area contributed by atoms with Crippen molar-refractivity contribution in [2.45, 2.75) is 108 Å². The van der Waals surface area contributed by atoms with Crippen LogP contribution in [0.25, 0.3) is 11.2 Å². The van der Waals surface area contributed by atoms with E-state index in [1.807, 2.05) is 0 Å². The lowest BCUT2D eigenvalue weighted by molar-refractivity contribution is -0.0367. The minimum atomic E-state index is -2.59. The maximum Gasteiger partial charge on any atom is 0.280 e. The van der Waals surface area contributed by atoms with Gasteiger partial charge in [-0.3, -0.25) is 14.3 Å². The van der Waals surface area contributed by atoms with Crippen molar-refractivity contribution in [2.75, 3.05) is 12.3 Å². The maximum absolute atomic E-state index is 12.4. The van der Waals surface area contributed by atoms with E-state index in [0.29, 0.717) is 18.0 Å². The molecule has 2 aromatic heterocycles. The first kappa shape index (κ1) is 30.4. The van der Waals surface area contributed by atoms with Crippen molar-refractivity contribution < 1.29 is 18.2 Å². The van der Waals surface area contributed by atoms with E-state index >= 15 is 0 Å². The highest BCUT2D eigenvalue weighted by Gasteiger charge is 2.54. The van der Waals surface area contributed by atoms with Gasteiger partial charge in [-0.1, -0.05) is 44.3 Å². The highest BCUT2D eigenvalue weighted by molar-refractivity contribution is 8.68. The first-order valence-electron chi connectivity index (χ1n) is 13.8. The van der Waals surface area contributed by atoms with Crippen molar-refractivity contribution in [1.29, 1.82) is 0 Å². The summed E-state index contributed by atoms with van der Waals surface area (Å²) in [5.74, 6) is 0.490. The molecule has 3 N–H and O–H groups in total. The summed E-state index contributed by atoms with van der Waals surface area (Å²) < 4.78 is 28.2. The predicted octanol–water partition coefficient (Wildman–Crippen LogP) is 5.89. The monoisotopic (exact) mass is 627 g/mol. The summed E-state index contributed by atoms with van der Waals surface area (Å²) in [5, 5.41) is 0.0161. The topological polar surface area (TPSA) is 127 Å². The molecule has 5 rings (SSSR count). The summed E-state index contributed by atoms with van der Waals surface area (Å²) in [6, 6.07) is 0. The number of rotatable bonds is 7. The fourth-order valence-corrected chi connectivity index (χ4v) is 14.0. The first-order valence-corrected chi connectivity index (χ1v) is 20.8. The number of allylic oxidation sites excluding steroid dienone is 1. The quantitative estimate of drug-likeness (QED) is 0.218. The van der Waals surface area contributed by atoms with Crippen molar-refractivity contribution in [3.8, 4) is 0 Å². The van der Waals surface area contributed by atoms with Gasteiger partial charge in [-0.25, -0.2) is 4.98 Å². The second kappa shape index (κ2) is 10.6. The van der Waals surface area contributed by atoms with E-state index in [1.54, 1.807) is 22.3 Å². The molecule has 0 amide bonds. The van der Waals surface area contributed by atoms with Gasteiger partial charge in [0.05, 0.1) is 25.1 Å². The number of fused-ring (bicyclic) bond motifs is 2. The van der Waals surface area contributed by atoms with Crippen molar-refractivity contribution in [3.63, 3.8) is 0 Å². The molecule has 1 unspecified atom stereocenters. The molecule has 0 spiro atoms. The van der Waals surface area contributed by atoms with Crippen LogP contribution in [0.1, 0.15) is 66.5 Å². The van der Waals surface area contributed by atoms with E-state index < -0.39 is 20.2 Å². The number of hydrogen-bond donors (Lipinski definition) is 2. The van der Waals surface area contributed by atoms with Crippen LogP contribution in [0.5, 0.6) is 0 Å². The molecule has 222 valence electrons. The Kier molecular flexibility index (Phi) is 8.05. The van der Waals surface area contributed by atoms with Gasteiger partial charge in [0.15, 0.2) is 19.5 Å². The number of ether oxygens (including phenoxy) is 1. The Morgan fingerprint density at radius 1 is 1.43 bits per heavy atom. The smallest absolute Gasteiger partial charge is 0.280 e. The summed E-state index contributed by atoms with van der Waals surface area (Å²) in [7, 11) is -2.15. The summed E-state index contributed by atoms with van der Waals surface area (Å²) in [6.45, 7) is 19.9. The minimum absolute atomic E-state index is 0.0161. The van der Waals surface area contributed by atoms with Crippen LogP contribution >= 0.6 is 17.1 Å². The van der Waals surface area contributed by atoms with Crippen molar-refractivity contribution in [3.05, 3.63) is 28.8 Å². The van der Waals surface area contributed by atoms with E-state index in [2.05, 4.69) is 69.2 Å². The number of nitrogen functional groups attached to an aromatic ring is 1. The van der Waals surface area contributed by atoms with Crippen LogP contribution in [0.2, 0.25) is 18.1 Å². The third kappa shape index (κ3) is 5.77. The van der Waals surface area contributed by atoms with Gasteiger partial charge in [-0.15, -0.1) is 0 Å². The zero-order valence-corrected chi connectivity index (χ0v) is 28.0. The Morgan fingerprint density at radius 2 is 2.15 bits per heavy atom. The van der Waals surface area contributed by atoms with Crippen molar-refractivity contribution >= 4 is 54.3 Å². The number of anilines is 1. The molecular weight excluding hydrogens is 586 g/mol. The summed E-state index contributed by atoms with van der Waals surface area (Å²) in [5.41, 5.74) is 4.67. The summed E-state index contributed by atoms with van der Waals surface area (Å²) in [4.78, 5) is 23.5. The highest BCUT2D eigenvalue weighted by Crippen LogP contribution is 2.75. The van der Waals surface area contributed by atoms with E-state index in [9.17, 15) is 4.79 Å². The van der Waals surface area contributed by atoms with Crippen LogP contribution in [0.3, 0.4) is 0 Å². The molecule has 1 aliphatic carbocycles. The zero-order chi connectivity index (χ0) is 29.3. The number of nitrogens with one attached hydrogen (secondary N) is 1. The van der Waals surface area contributed by atoms with Gasteiger partial charge < -0.3 is 23.9 Å². The molecule has 0 aromatic carbocycles. The molecule has 0 bridgehead atoms. The molecule has 2 aromatic rings. The lowest BCUT2D eigenvalue weighted by Crippen LogP contribution is -2.46. The number of nitrogens with zero attached hydrogens (tertiary/aromatic N) is 3. The van der Waals surface area contributed by atoms with Gasteiger partial charge >= 0.3 is 0 Å². The summed E-state index contributed by atoms with van der Waals surface area (Å²) in [6.07, 6.45) is 4.19. The fourth-order valence-electron chi connectivity index (χ4n) is 5.46. The van der Waals surface area contributed by atoms with Crippen molar-refractivity contribution in [2.24, 2.45) is 5.92 Å². The number of nitrogens with two attached hydrogens (primary N) is 1. The molecule has 40 heavy (non-hydrogen) atoms. The largest absolute Gasteiger partial charge is 0.411 e. The molecular formula is C26H42N5O5PS2Si. The van der Waals surface area contributed by atoms with E-state index in [1.165, 1.54) is 5.57 Å². The molecule has 0 radical (unpaired) electrons. The number of H-pyrrole nitrogens is 1. The Labute approximate surface area is 246 Å². The van der Waals surface area contributed by atoms with Crippen molar-refractivity contribution in [1.82, 2.24) is 19.5 Å². The van der Waals surface area contributed by atoms with Gasteiger partial charge in [0.1, 0.15) is 12.3 Å². The number of imidazole rings is 1. The Morgan fingerprint density at radius 3 is 2.83 bits per heavy atom. The molecule has 14 heteroatoms. The minimum Gasteiger partial charge on any atom is -0.411 e. The average Bonchev–Trinajstić information content (AvgIpc) is 3.49. The zero-order valence-electron chi connectivity index (χ0n) is 24.4. The molecule has 1 saturated carbocycles. The van der Waals surface area contributed by atoms with E-state index in [-0.39, 0.29) is 51.7 Å². The molecule has 7 atom stereocenters. The molecule has 3 fully saturated rings. The highest BCUT2D eigenvalue weighted by atomic mass is 32.9. The Hall–Kier alpha value is -1.05. The lowest BCUT2D eigenvalue weighted by Gasteiger charge is -2.39. The van der Waals surface area contributed by atoms with Crippen LogP contribution in [-0.2, 0) is 30.0 Å². The third-order valence-electron chi connectivity index (χ3n) is 9.03. The molecule has 10 nitrogen and oxygen atoms in total. The van der Waals surface area contributed by atoms with Crippen LogP contribution in [0.15, 0.2) is 23.3 Å². The van der Waals surface area contributed by atoms with E-state index in [0.717, 1.165) is 19.3 Å². The van der Waals surface area contributed by atoms with Crippen LogP contribution in [0, 0.1) is 5.92 Å². The second-order valence-electron chi connectivity index (χ2n) is 13.1. The van der Waals surface area contributed by atoms with Gasteiger partial charge in [0, 0.05) is 11.2 Å². The van der Waals surface area contributed by atoms with Gasteiger partial charge in [-0.2, -0.15) is 4.98 Å². The first-order chi connectivity index (χ1) is 18.5. The van der Waals surface area contributed by atoms with Gasteiger partial charge in [0.2, 0.25) is 11.6 Å². The third-order valence-corrected chi connectivity index (χ3v) is 19.4. The van der Waals surface area contributed by atoms with Gasteiger partial charge in [0.25, 0.3) is 5.56 Å². The number of hydrogen-bond acceptors (Lipinski definition) is 10. The number of aromatic amines is 1. The normalized spacial score (nSPS) is 34.8. The SMILES string of the molecule is C=C(C)[C@H]1CC[C@@]2(C)S[P@](=S)(OC[C@H]3O[C@@H](n4cnc5c(=O)[nH]c(N)nc54)CC3O[Si](C)(C)C(C)(C)C)O[C@@H]2C1. The Bertz CT molecular complexity index is 1410. The average molecular weight is 628 g/mol. The number of aromatic nitrogens is 4. The molecule has 2 saturated heterocycles.